The summed E-state index contributed by atoms with van der Waals surface area (Å²) in [5.41, 5.74) is 0.447. The van der Waals surface area contributed by atoms with Gasteiger partial charge in [-0.25, -0.2) is 0 Å². The summed E-state index contributed by atoms with van der Waals surface area (Å²) >= 11 is 5.19. The van der Waals surface area contributed by atoms with Crippen LogP contribution >= 0.6 is 27.7 Å². The predicted molar refractivity (Wildman–Crippen MR) is 82.8 cm³/mol. The van der Waals surface area contributed by atoms with Crippen LogP contribution in [0.1, 0.15) is 6.42 Å². The summed E-state index contributed by atoms with van der Waals surface area (Å²) in [6, 6.07) is 5.51. The number of halogens is 1. The molecule has 0 aliphatic carbocycles. The SMILES string of the molecule is CN(CC(=O)Nc1ccc(Br)cc1O)C1CCSC1. The maximum atomic E-state index is 11.9. The molecule has 1 atom stereocenters. The fourth-order valence-electron chi connectivity index (χ4n) is 2.03. The third-order valence-corrected chi connectivity index (χ3v) is 4.79. The van der Waals surface area contributed by atoms with Crippen molar-refractivity contribution in [2.45, 2.75) is 12.5 Å². The summed E-state index contributed by atoms with van der Waals surface area (Å²) in [6.45, 7) is 0.348. The highest BCUT2D eigenvalue weighted by Gasteiger charge is 2.21. The quantitative estimate of drug-likeness (QED) is 0.824. The number of nitrogens with zero attached hydrogens (tertiary/aromatic N) is 1. The van der Waals surface area contributed by atoms with Crippen molar-refractivity contribution < 1.29 is 9.90 Å². The normalized spacial score (nSPS) is 18.8. The highest BCUT2D eigenvalue weighted by Crippen LogP contribution is 2.27. The van der Waals surface area contributed by atoms with Crippen molar-refractivity contribution in [3.8, 4) is 5.75 Å². The largest absolute Gasteiger partial charge is 0.506 e. The molecule has 0 radical (unpaired) electrons. The molecule has 0 aromatic heterocycles. The molecule has 1 unspecified atom stereocenters. The van der Waals surface area contributed by atoms with Gasteiger partial charge in [-0.05, 0) is 37.4 Å². The maximum Gasteiger partial charge on any atom is 0.238 e. The van der Waals surface area contributed by atoms with Crippen LogP contribution in [0.5, 0.6) is 5.75 Å². The number of amides is 1. The Balaban J connectivity index is 1.89. The molecule has 1 aromatic carbocycles. The molecule has 1 amide bonds. The molecule has 6 heteroatoms. The lowest BCUT2D eigenvalue weighted by molar-refractivity contribution is -0.117. The molecule has 104 valence electrons. The van der Waals surface area contributed by atoms with Gasteiger partial charge in [0, 0.05) is 16.3 Å². The Morgan fingerprint density at radius 2 is 2.42 bits per heavy atom. The first-order chi connectivity index (χ1) is 9.06. The Hall–Kier alpha value is -0.720. The van der Waals surface area contributed by atoms with Crippen LogP contribution in [0.4, 0.5) is 5.69 Å². The second-order valence-corrected chi connectivity index (χ2v) is 6.71. The number of thioether (sulfide) groups is 1. The number of aromatic hydroxyl groups is 1. The molecular weight excluding hydrogens is 328 g/mol. The van der Waals surface area contributed by atoms with Crippen molar-refractivity contribution in [1.82, 2.24) is 4.90 Å². The van der Waals surface area contributed by atoms with Gasteiger partial charge in [0.2, 0.25) is 5.91 Å². The minimum atomic E-state index is -0.1000. The van der Waals surface area contributed by atoms with Crippen molar-refractivity contribution >= 4 is 39.3 Å². The van der Waals surface area contributed by atoms with E-state index in [2.05, 4.69) is 26.1 Å². The maximum absolute atomic E-state index is 11.9. The van der Waals surface area contributed by atoms with Gasteiger partial charge >= 0.3 is 0 Å². The Bertz CT molecular complexity index is 464. The Kier molecular flexibility index (Phi) is 5.13. The van der Waals surface area contributed by atoms with E-state index in [0.29, 0.717) is 18.3 Å². The van der Waals surface area contributed by atoms with E-state index in [1.807, 2.05) is 18.8 Å². The number of likely N-dealkylation sites (N-methyl/N-ethyl adjacent to an activating group) is 1. The fourth-order valence-corrected chi connectivity index (χ4v) is 3.67. The standard InChI is InChI=1S/C13H17BrN2O2S/c1-16(10-4-5-19-8-10)7-13(18)15-11-3-2-9(14)6-12(11)17/h2-3,6,10,17H,4-5,7-8H2,1H3,(H,15,18). The van der Waals surface area contributed by atoms with Gasteiger partial charge in [-0.15, -0.1) is 0 Å². The van der Waals surface area contributed by atoms with Gasteiger partial charge < -0.3 is 10.4 Å². The average Bonchev–Trinajstić information content (AvgIpc) is 2.86. The number of carbonyl (C=O) groups excluding carboxylic acids is 1. The lowest BCUT2D eigenvalue weighted by Gasteiger charge is -2.22. The topological polar surface area (TPSA) is 52.6 Å². The van der Waals surface area contributed by atoms with E-state index < -0.39 is 0 Å². The van der Waals surface area contributed by atoms with Crippen LogP contribution in [-0.2, 0) is 4.79 Å². The number of hydrogen-bond acceptors (Lipinski definition) is 4. The van der Waals surface area contributed by atoms with Gasteiger partial charge in [0.05, 0.1) is 12.2 Å². The lowest BCUT2D eigenvalue weighted by atomic mass is 10.2. The Morgan fingerprint density at radius 1 is 1.63 bits per heavy atom. The van der Waals surface area contributed by atoms with Crippen molar-refractivity contribution in [2.24, 2.45) is 0 Å². The molecule has 1 aliphatic heterocycles. The molecular formula is C13H17BrN2O2S. The fraction of sp³-hybridized carbons (Fsp3) is 0.462. The molecule has 0 spiro atoms. The van der Waals surface area contributed by atoms with Crippen LogP contribution in [0.2, 0.25) is 0 Å². The molecule has 1 aliphatic rings. The Labute approximate surface area is 125 Å². The zero-order valence-corrected chi connectivity index (χ0v) is 13.1. The molecule has 1 fully saturated rings. The van der Waals surface area contributed by atoms with E-state index in [0.717, 1.165) is 16.6 Å². The van der Waals surface area contributed by atoms with E-state index in [1.54, 1.807) is 18.2 Å². The zero-order valence-electron chi connectivity index (χ0n) is 10.7. The molecule has 4 nitrogen and oxygen atoms in total. The van der Waals surface area contributed by atoms with Crippen LogP contribution in [0, 0.1) is 0 Å². The van der Waals surface area contributed by atoms with Crippen molar-refractivity contribution in [2.75, 3.05) is 30.4 Å². The molecule has 1 aromatic rings. The second kappa shape index (κ2) is 6.63. The van der Waals surface area contributed by atoms with Crippen LogP contribution in [0.15, 0.2) is 22.7 Å². The van der Waals surface area contributed by atoms with Gasteiger partial charge in [0.15, 0.2) is 0 Å². The van der Waals surface area contributed by atoms with Crippen LogP contribution in [0.25, 0.3) is 0 Å². The summed E-state index contributed by atoms with van der Waals surface area (Å²) in [5.74, 6) is 2.23. The highest BCUT2D eigenvalue weighted by molar-refractivity contribution is 9.10. The van der Waals surface area contributed by atoms with Crippen LogP contribution in [-0.4, -0.2) is 47.1 Å². The minimum Gasteiger partial charge on any atom is -0.506 e. The number of benzene rings is 1. The highest BCUT2D eigenvalue weighted by atomic mass is 79.9. The van der Waals surface area contributed by atoms with E-state index >= 15 is 0 Å². The monoisotopic (exact) mass is 344 g/mol. The van der Waals surface area contributed by atoms with Crippen molar-refractivity contribution in [3.63, 3.8) is 0 Å². The van der Waals surface area contributed by atoms with E-state index in [-0.39, 0.29) is 11.7 Å². The summed E-state index contributed by atoms with van der Waals surface area (Å²) in [4.78, 5) is 14.0. The number of anilines is 1. The first kappa shape index (κ1) is 14.7. The predicted octanol–water partition coefficient (Wildman–Crippen LogP) is 2.53. The lowest BCUT2D eigenvalue weighted by Crippen LogP contribution is -2.38. The first-order valence-corrected chi connectivity index (χ1v) is 8.07. The second-order valence-electron chi connectivity index (χ2n) is 4.64. The van der Waals surface area contributed by atoms with Gasteiger partial charge in [-0.1, -0.05) is 15.9 Å². The first-order valence-electron chi connectivity index (χ1n) is 6.12. The smallest absolute Gasteiger partial charge is 0.238 e. The minimum absolute atomic E-state index is 0.0711. The third-order valence-electron chi connectivity index (χ3n) is 3.16. The van der Waals surface area contributed by atoms with Gasteiger partial charge in [0.1, 0.15) is 5.75 Å². The van der Waals surface area contributed by atoms with Gasteiger partial charge in [-0.3, -0.25) is 9.69 Å². The summed E-state index contributed by atoms with van der Waals surface area (Å²) < 4.78 is 0.781. The molecule has 0 saturated carbocycles. The summed E-state index contributed by atoms with van der Waals surface area (Å²) in [7, 11) is 1.97. The van der Waals surface area contributed by atoms with E-state index in [1.165, 1.54) is 5.75 Å². The number of hydrogen-bond donors (Lipinski definition) is 2. The van der Waals surface area contributed by atoms with Crippen molar-refractivity contribution in [3.05, 3.63) is 22.7 Å². The molecule has 19 heavy (non-hydrogen) atoms. The van der Waals surface area contributed by atoms with Crippen LogP contribution in [0.3, 0.4) is 0 Å². The molecule has 2 rings (SSSR count). The number of carbonyl (C=O) groups is 1. The number of rotatable bonds is 4. The molecule has 2 N–H and O–H groups in total. The Morgan fingerprint density at radius 3 is 3.05 bits per heavy atom. The zero-order chi connectivity index (χ0) is 13.8. The number of nitrogens with one attached hydrogen (secondary N) is 1. The van der Waals surface area contributed by atoms with Crippen molar-refractivity contribution in [1.29, 1.82) is 0 Å². The van der Waals surface area contributed by atoms with E-state index in [9.17, 15) is 9.90 Å². The van der Waals surface area contributed by atoms with Gasteiger partial charge in [0.25, 0.3) is 0 Å². The molecule has 1 saturated heterocycles. The van der Waals surface area contributed by atoms with E-state index in [4.69, 9.17) is 0 Å². The molecule has 0 bridgehead atoms. The van der Waals surface area contributed by atoms with Crippen LogP contribution < -0.4 is 5.32 Å². The van der Waals surface area contributed by atoms with Gasteiger partial charge in [-0.2, -0.15) is 11.8 Å². The summed E-state index contributed by atoms with van der Waals surface area (Å²) in [6.07, 6.45) is 1.14. The third kappa shape index (κ3) is 4.12. The molecule has 1 heterocycles. The number of phenols is 1. The summed E-state index contributed by atoms with van der Waals surface area (Å²) in [5, 5.41) is 12.5. The average molecular weight is 345 g/mol. The number of phenolic OH excluding ortho intramolecular Hbond substituents is 1.